The molecular formula is C102H126N20O7Y8-16. The Morgan fingerprint density at radius 2 is 0.730 bits per heavy atom. The van der Waals surface area contributed by atoms with Crippen molar-refractivity contribution in [3.63, 3.8) is 0 Å². The molecule has 137 heavy (non-hydrogen) atoms. The van der Waals surface area contributed by atoms with Crippen LogP contribution >= 0.6 is 0 Å². The number of aromatic nitrogens is 17. The van der Waals surface area contributed by atoms with Gasteiger partial charge in [-0.05, 0) is 73.1 Å². The molecule has 35 heteroatoms. The van der Waals surface area contributed by atoms with Crippen molar-refractivity contribution in [3.05, 3.63) is 400 Å². The second-order valence-electron chi connectivity index (χ2n) is 31.2. The topological polar surface area (TPSA) is 405 Å². The number of aliphatic imine (C=N–C) groups is 1. The molecule has 8 radical (unpaired) electrons. The molecule has 0 unspecified atom stereocenters. The molecule has 1 aliphatic rings. The first-order chi connectivity index (χ1) is 61.2. The van der Waals surface area contributed by atoms with Crippen LogP contribution < -0.4 is 49.2 Å². The van der Waals surface area contributed by atoms with Crippen LogP contribution in [0.15, 0.2) is 265 Å². The predicted molar refractivity (Wildman–Crippen MR) is 525 cm³/mol. The van der Waals surface area contributed by atoms with Crippen molar-refractivity contribution in [2.24, 2.45) is 4.99 Å². The van der Waals surface area contributed by atoms with E-state index in [4.69, 9.17) is 5.73 Å². The minimum atomic E-state index is -0.250. The van der Waals surface area contributed by atoms with Crippen LogP contribution in [-0.4, -0.2) is 98.7 Å². The van der Waals surface area contributed by atoms with Gasteiger partial charge in [-0.15, -0.1) is 27.9 Å². The maximum atomic E-state index is 10.8. The molecule has 1 aliphatic heterocycles. The first-order valence-electron chi connectivity index (χ1n) is 40.9. The van der Waals surface area contributed by atoms with Crippen LogP contribution in [-0.2, 0) is 262 Å². The van der Waals surface area contributed by atoms with E-state index < -0.39 is 0 Å². The van der Waals surface area contributed by atoms with Gasteiger partial charge in [0.25, 0.3) is 0 Å². The number of aromatic amines is 6. The third-order valence-electron chi connectivity index (χ3n) is 12.3. The molecule has 27 nitrogen and oxygen atoms in total. The average Bonchev–Trinajstić information content (AvgIpc) is 0.827. The molecule has 15 heterocycles. The first kappa shape index (κ1) is 150. The number of pyridine rings is 11. The van der Waals surface area contributed by atoms with Gasteiger partial charge < -0.3 is 98.1 Å². The SMILES string of the molecule is C[C-](C)C.C[C-](C)C.C[C-](C)C.C[C-](C)C.C[C-](C)C.C[C-](C)C.C[C-](C)C.C[C-](C)C.Cc1ccnc(-c2c[c-]c(=O)[nH]c2)n1.O=c1[c-]cc(-c2ccccn2)c[nH]1.O=c1[c-]cc(-c2cccnc2)c[nH]1.O=c1[c-]cc(-c2ncccn2)c[nH]1.O=c1[c-]cc(C2=NCCCN2)c[nH]1.O=c1[c-]ccc[nH]1.O=c1ccc(-c2ncccn2)c[n-]1.[NH-]c1ccnc2cccnc12.[Y].[Y].[Y].[Y].[Y].[Y].[Y].[Y]. The van der Waals surface area contributed by atoms with E-state index in [9.17, 15) is 33.6 Å². The maximum absolute atomic E-state index is 10.8. The van der Waals surface area contributed by atoms with Gasteiger partial charge in [0.2, 0.25) is 0 Å². The number of hydrogen-bond donors (Lipinski definition) is 7. The van der Waals surface area contributed by atoms with Gasteiger partial charge in [0.15, 0.2) is 39.2 Å². The molecular weight excluding hydrogens is 2330 g/mol. The fourth-order valence-electron chi connectivity index (χ4n) is 7.67. The van der Waals surface area contributed by atoms with E-state index in [-0.39, 0.29) is 301 Å². The quantitative estimate of drug-likeness (QED) is 0.0760. The largest absolute Gasteiger partial charge is 0.697 e. The number of aryl methyl sites for hydroxylation is 1. The van der Waals surface area contributed by atoms with Crippen LogP contribution in [0.2, 0.25) is 0 Å². The van der Waals surface area contributed by atoms with Crippen LogP contribution in [0.3, 0.4) is 0 Å². The molecule has 0 aliphatic carbocycles. The van der Waals surface area contributed by atoms with Gasteiger partial charge in [-0.25, -0.2) is 46.4 Å². The molecule has 8 N–H and O–H groups in total. The van der Waals surface area contributed by atoms with Crippen LogP contribution in [0.5, 0.6) is 0 Å². The molecule has 14 aromatic rings. The molecule has 0 amide bonds. The number of H-pyrrole nitrogens is 6. The first-order valence-corrected chi connectivity index (χ1v) is 40.9. The van der Waals surface area contributed by atoms with Crippen molar-refractivity contribution in [1.82, 2.24) is 90.0 Å². The summed E-state index contributed by atoms with van der Waals surface area (Å²) in [5, 5.41) is 3.16. The predicted octanol–water partition coefficient (Wildman–Crippen LogP) is 19.9. The van der Waals surface area contributed by atoms with Crippen molar-refractivity contribution in [2.75, 3.05) is 13.1 Å². The monoisotopic (exact) mass is 2450 g/mol. The fourth-order valence-corrected chi connectivity index (χ4v) is 7.67. The zero-order valence-corrected chi connectivity index (χ0v) is 107. The number of nitrogens with one attached hydrogen (secondary N) is 8. The maximum Gasteiger partial charge on any atom is 0.157 e. The Morgan fingerprint density at radius 3 is 1.08 bits per heavy atom. The van der Waals surface area contributed by atoms with Gasteiger partial charge in [0.05, 0.1) is 28.2 Å². The number of fused-ring (bicyclic) bond motifs is 1. The van der Waals surface area contributed by atoms with Gasteiger partial charge in [-0.3, -0.25) is 73.6 Å². The van der Waals surface area contributed by atoms with E-state index in [1.807, 2.05) is 55.5 Å². The Kier molecular flexibility index (Phi) is 103. The number of rotatable bonds is 6. The van der Waals surface area contributed by atoms with Gasteiger partial charge >= 0.3 is 0 Å². The summed E-state index contributed by atoms with van der Waals surface area (Å²) in [7, 11) is 0. The molecule has 0 fully saturated rings. The second kappa shape index (κ2) is 94.4. The zero-order chi connectivity index (χ0) is 96.9. The summed E-state index contributed by atoms with van der Waals surface area (Å²) < 4.78 is 0. The molecule has 14 aromatic heterocycles. The van der Waals surface area contributed by atoms with Gasteiger partial charge in [-0.1, -0.05) is 73.1 Å². The second-order valence-corrected chi connectivity index (χ2v) is 31.2. The molecule has 0 saturated heterocycles. The smallest absolute Gasteiger partial charge is 0.157 e. The number of amidine groups is 1. The molecule has 15 rings (SSSR count). The van der Waals surface area contributed by atoms with E-state index in [1.165, 1.54) is 59.6 Å². The van der Waals surface area contributed by atoms with Gasteiger partial charge in [0.1, 0.15) is 0 Å². The third kappa shape index (κ3) is 87.2. The Balaban J connectivity index is -0.000000186. The molecule has 0 aromatic carbocycles. The summed E-state index contributed by atoms with van der Waals surface area (Å²) in [5.41, 5.74) is 15.4. The number of nitrogens with zero attached hydrogens (tertiary/aromatic N) is 12. The van der Waals surface area contributed by atoms with Crippen molar-refractivity contribution in [2.45, 2.75) is 180 Å². The van der Waals surface area contributed by atoms with Crippen LogP contribution in [0, 0.1) is 90.7 Å². The van der Waals surface area contributed by atoms with Crippen molar-refractivity contribution < 1.29 is 262 Å². The summed E-state index contributed by atoms with van der Waals surface area (Å²) in [6.07, 6.45) is 28.9. The standard InChI is InChI=1S/C10H8N3O.2C10H7N2O.C9H10N3O.C9H7N3O.C9H6N3O.C8H6N3.C5H4NO.8C4H9.8Y/c1-7-4-5-11-10(13-7)8-2-3-9(14)12-6-8;13-10-4-3-9(7-12-10)8-2-1-5-11-6-8;13-10-5-4-8(7-12-10)9-3-1-2-6-11-9;3*13-8-3-2-7(6-12-8)9-10-4-1-5-11-9;9-6-3-5-10-7-2-1-4-11-8(6)7;7-5-3-1-2-4-6-5;8*1-4(2)3;;;;;;;;/h2,4-6H,1H3,(H,12,14);1-3,5-7H,(H,12,13);1-4,6-7H,(H,12,13);2,6H,1,4-5H2,(H,10,11)(H,12,13);1-6H,(H,10,11,12,13);1-2,4-6H,(H,12,13);1-5H,(H-,9,10);1-2,4H,(H,6,7);8*1-3H3;;;;;;;;/q4*-1;;11*-1;;;;;;;;/p-1. The van der Waals surface area contributed by atoms with Crippen LogP contribution in [0.4, 0.5) is 5.69 Å². The Morgan fingerprint density at radius 1 is 0.343 bits per heavy atom. The molecule has 0 saturated carbocycles. The molecule has 0 bridgehead atoms. The molecule has 0 atom stereocenters. The minimum Gasteiger partial charge on any atom is -0.697 e. The minimum absolute atomic E-state index is 0. The average molecular weight is 2460 g/mol. The zero-order valence-electron chi connectivity index (χ0n) is 83.8. The van der Waals surface area contributed by atoms with Gasteiger partial charge in [-0.2, -0.15) is 220 Å². The third-order valence-corrected chi connectivity index (χ3v) is 12.3. The van der Waals surface area contributed by atoms with Crippen LogP contribution in [0.25, 0.3) is 73.3 Å². The molecule has 716 valence electrons. The van der Waals surface area contributed by atoms with Crippen molar-refractivity contribution in [1.29, 1.82) is 0 Å². The Labute approximate surface area is 1010 Å². The van der Waals surface area contributed by atoms with Crippen molar-refractivity contribution in [3.8, 4) is 56.5 Å². The van der Waals surface area contributed by atoms with Crippen molar-refractivity contribution >= 4 is 22.6 Å². The van der Waals surface area contributed by atoms with Gasteiger partial charge in [0, 0.05) is 348 Å². The normalized spacial score (nSPS) is 9.66. The van der Waals surface area contributed by atoms with E-state index in [0.29, 0.717) is 28.7 Å². The van der Waals surface area contributed by atoms with E-state index in [2.05, 4.69) is 298 Å². The summed E-state index contributed by atoms with van der Waals surface area (Å²) in [6, 6.07) is 49.5. The Bertz CT molecular complexity index is 5110. The van der Waals surface area contributed by atoms with E-state index in [0.717, 1.165) is 81.2 Å². The molecule has 0 spiro atoms. The summed E-state index contributed by atoms with van der Waals surface area (Å²) >= 11 is 0. The van der Waals surface area contributed by atoms with E-state index in [1.54, 1.807) is 166 Å². The summed E-state index contributed by atoms with van der Waals surface area (Å²) in [5.74, 6) is 13.9. The van der Waals surface area contributed by atoms with E-state index >= 15 is 0 Å². The fraction of sp³-hybridized carbons (Fsp3) is 0.275. The number of hydrogen-bond acceptors (Lipinski definition) is 19. The summed E-state index contributed by atoms with van der Waals surface area (Å²) in [4.78, 5) is 138. The summed E-state index contributed by atoms with van der Waals surface area (Å²) in [6.45, 7) is 53.7. The Hall–Kier alpha value is -5.15. The van der Waals surface area contributed by atoms with Crippen LogP contribution in [0.1, 0.15) is 184 Å².